The van der Waals surface area contributed by atoms with E-state index in [1.165, 1.54) is 6.07 Å². The molecule has 1 aliphatic carbocycles. The second kappa shape index (κ2) is 4.24. The van der Waals surface area contributed by atoms with Gasteiger partial charge in [0.15, 0.2) is 5.78 Å². The lowest BCUT2D eigenvalue weighted by Gasteiger charge is -2.02. The maximum absolute atomic E-state index is 12.3. The summed E-state index contributed by atoms with van der Waals surface area (Å²) in [6, 6.07) is 10.3. The minimum atomic E-state index is -0.982. The first-order valence-corrected chi connectivity index (χ1v) is 6.95. The van der Waals surface area contributed by atoms with Gasteiger partial charge in [-0.15, -0.1) is 11.8 Å². The van der Waals surface area contributed by atoms with Crippen LogP contribution >= 0.6 is 11.8 Å². The smallest absolute Gasteiger partial charge is 0.335 e. The van der Waals surface area contributed by atoms with Crippen molar-refractivity contribution in [3.8, 4) is 11.1 Å². The van der Waals surface area contributed by atoms with E-state index < -0.39 is 5.97 Å². The van der Waals surface area contributed by atoms with E-state index in [1.54, 1.807) is 23.9 Å². The first-order valence-electron chi connectivity index (χ1n) is 5.72. The first kappa shape index (κ1) is 12.0. The Bertz CT molecular complexity index is 719. The number of aromatic carboxylic acids is 1. The number of carbonyl (C=O) groups is 2. The minimum absolute atomic E-state index is 0.0298. The lowest BCUT2D eigenvalue weighted by molar-refractivity contribution is 0.0696. The lowest BCUT2D eigenvalue weighted by atomic mass is 10.0. The summed E-state index contributed by atoms with van der Waals surface area (Å²) in [4.78, 5) is 24.3. The summed E-state index contributed by atoms with van der Waals surface area (Å²) in [7, 11) is 0. The van der Waals surface area contributed by atoms with Crippen LogP contribution in [0.1, 0.15) is 26.3 Å². The maximum atomic E-state index is 12.3. The average molecular weight is 270 g/mol. The summed E-state index contributed by atoms with van der Waals surface area (Å²) in [5.41, 5.74) is 2.98. The number of rotatable bonds is 2. The Morgan fingerprint density at radius 1 is 1.00 bits per heavy atom. The molecule has 0 aromatic heterocycles. The topological polar surface area (TPSA) is 54.4 Å². The van der Waals surface area contributed by atoms with Crippen molar-refractivity contribution < 1.29 is 14.7 Å². The van der Waals surface area contributed by atoms with E-state index in [0.717, 1.165) is 10.5 Å². The summed E-state index contributed by atoms with van der Waals surface area (Å²) in [6.45, 7) is 0. The zero-order valence-corrected chi connectivity index (χ0v) is 11.0. The zero-order valence-electron chi connectivity index (χ0n) is 10.1. The van der Waals surface area contributed by atoms with Gasteiger partial charge in [-0.1, -0.05) is 6.07 Å². The number of ketones is 1. The van der Waals surface area contributed by atoms with Gasteiger partial charge in [0.25, 0.3) is 0 Å². The highest BCUT2D eigenvalue weighted by Crippen LogP contribution is 2.38. The van der Waals surface area contributed by atoms with Crippen molar-refractivity contribution in [1.82, 2.24) is 0 Å². The summed E-state index contributed by atoms with van der Waals surface area (Å²) >= 11 is 1.58. The van der Waals surface area contributed by atoms with Crippen molar-refractivity contribution in [2.45, 2.75) is 4.90 Å². The van der Waals surface area contributed by atoms with Crippen molar-refractivity contribution in [2.75, 3.05) is 6.26 Å². The van der Waals surface area contributed by atoms with Gasteiger partial charge in [0.05, 0.1) is 5.56 Å². The van der Waals surface area contributed by atoms with Gasteiger partial charge in [-0.25, -0.2) is 4.79 Å². The van der Waals surface area contributed by atoms with Gasteiger partial charge in [0.2, 0.25) is 0 Å². The molecule has 4 heteroatoms. The molecular weight excluding hydrogens is 260 g/mol. The standard InChI is InChI=1S/C15H10O3S/c1-19-9-3-5-10-12-6-8(15(17)18)2-4-11(12)14(16)13(10)7-9/h2-7H,1H3,(H,17,18). The molecule has 0 atom stereocenters. The van der Waals surface area contributed by atoms with Crippen LogP contribution in [0.3, 0.4) is 0 Å². The van der Waals surface area contributed by atoms with E-state index in [1.807, 2.05) is 24.5 Å². The summed E-state index contributed by atoms with van der Waals surface area (Å²) < 4.78 is 0. The molecule has 0 unspecified atom stereocenters. The number of benzene rings is 2. The fraction of sp³-hybridized carbons (Fsp3) is 0.0667. The highest BCUT2D eigenvalue weighted by Gasteiger charge is 2.27. The second-order valence-corrected chi connectivity index (χ2v) is 5.19. The number of fused-ring (bicyclic) bond motifs is 3. The van der Waals surface area contributed by atoms with Crippen LogP contribution in [0.25, 0.3) is 11.1 Å². The molecule has 0 amide bonds. The van der Waals surface area contributed by atoms with E-state index in [-0.39, 0.29) is 11.3 Å². The van der Waals surface area contributed by atoms with Gasteiger partial charge in [-0.2, -0.15) is 0 Å². The number of thioether (sulfide) groups is 1. The van der Waals surface area contributed by atoms with E-state index in [9.17, 15) is 9.59 Å². The van der Waals surface area contributed by atoms with Crippen molar-refractivity contribution in [1.29, 1.82) is 0 Å². The highest BCUT2D eigenvalue weighted by molar-refractivity contribution is 7.98. The third-order valence-electron chi connectivity index (χ3n) is 3.27. The van der Waals surface area contributed by atoms with E-state index in [4.69, 9.17) is 5.11 Å². The first-order chi connectivity index (χ1) is 9.11. The van der Waals surface area contributed by atoms with E-state index >= 15 is 0 Å². The predicted octanol–water partition coefficient (Wildman–Crippen LogP) is 3.32. The fourth-order valence-electron chi connectivity index (χ4n) is 2.32. The fourth-order valence-corrected chi connectivity index (χ4v) is 2.76. The van der Waals surface area contributed by atoms with Gasteiger partial charge in [0, 0.05) is 16.0 Å². The monoisotopic (exact) mass is 270 g/mol. The Morgan fingerprint density at radius 3 is 2.42 bits per heavy atom. The third kappa shape index (κ3) is 1.76. The predicted molar refractivity (Wildman–Crippen MR) is 74.1 cm³/mol. The molecule has 2 aromatic carbocycles. The lowest BCUT2D eigenvalue weighted by Crippen LogP contribution is -1.98. The van der Waals surface area contributed by atoms with Crippen molar-refractivity contribution in [2.24, 2.45) is 0 Å². The zero-order chi connectivity index (χ0) is 13.6. The highest BCUT2D eigenvalue weighted by atomic mass is 32.2. The summed E-state index contributed by atoms with van der Waals surface area (Å²) in [6.07, 6.45) is 1.96. The molecule has 1 aliphatic rings. The molecule has 0 fully saturated rings. The minimum Gasteiger partial charge on any atom is -0.478 e. The Balaban J connectivity index is 2.24. The van der Waals surface area contributed by atoms with Crippen LogP contribution in [0.4, 0.5) is 0 Å². The van der Waals surface area contributed by atoms with Gasteiger partial charge in [0.1, 0.15) is 0 Å². The molecule has 0 saturated carbocycles. The normalized spacial score (nSPS) is 12.2. The van der Waals surface area contributed by atoms with Crippen LogP contribution in [-0.4, -0.2) is 23.1 Å². The molecule has 0 bridgehead atoms. The number of hydrogen-bond acceptors (Lipinski definition) is 3. The Labute approximate surface area is 114 Å². The Hall–Kier alpha value is -2.07. The SMILES string of the molecule is CSc1ccc2c(c1)C(=O)c1ccc(C(=O)O)cc1-2. The molecule has 94 valence electrons. The van der Waals surface area contributed by atoms with Crippen molar-refractivity contribution >= 4 is 23.5 Å². The number of carbonyl (C=O) groups excluding carboxylic acids is 1. The van der Waals surface area contributed by atoms with Crippen molar-refractivity contribution in [3.05, 3.63) is 53.1 Å². The number of carboxylic acid groups (broad SMARTS) is 1. The Morgan fingerprint density at radius 2 is 1.74 bits per heavy atom. The molecule has 0 aliphatic heterocycles. The molecule has 0 heterocycles. The maximum Gasteiger partial charge on any atom is 0.335 e. The average Bonchev–Trinajstić information content (AvgIpc) is 2.71. The third-order valence-corrected chi connectivity index (χ3v) is 4.00. The quantitative estimate of drug-likeness (QED) is 0.726. The molecule has 2 aromatic rings. The van der Waals surface area contributed by atoms with Crippen LogP contribution in [0, 0.1) is 0 Å². The number of hydrogen-bond donors (Lipinski definition) is 1. The van der Waals surface area contributed by atoms with Crippen LogP contribution in [0.15, 0.2) is 41.3 Å². The molecule has 19 heavy (non-hydrogen) atoms. The largest absolute Gasteiger partial charge is 0.478 e. The van der Waals surface area contributed by atoms with Crippen molar-refractivity contribution in [3.63, 3.8) is 0 Å². The van der Waals surface area contributed by atoms with Crippen LogP contribution < -0.4 is 0 Å². The van der Waals surface area contributed by atoms with E-state index in [2.05, 4.69) is 0 Å². The summed E-state index contributed by atoms with van der Waals surface area (Å²) in [5.74, 6) is -1.01. The molecule has 0 saturated heterocycles. The molecule has 3 nitrogen and oxygen atoms in total. The van der Waals surface area contributed by atoms with Gasteiger partial charge in [-0.3, -0.25) is 4.79 Å². The number of carboxylic acids is 1. The molecule has 3 rings (SSSR count). The molecular formula is C15H10O3S. The molecule has 0 radical (unpaired) electrons. The van der Waals surface area contributed by atoms with Gasteiger partial charge >= 0.3 is 5.97 Å². The molecule has 0 spiro atoms. The van der Waals surface area contributed by atoms with Crippen LogP contribution in [0.2, 0.25) is 0 Å². The van der Waals surface area contributed by atoms with E-state index in [0.29, 0.717) is 16.7 Å². The summed E-state index contributed by atoms with van der Waals surface area (Å²) in [5, 5.41) is 9.02. The van der Waals surface area contributed by atoms with Gasteiger partial charge in [-0.05, 0) is 47.7 Å². The molecule has 1 N–H and O–H groups in total. The van der Waals surface area contributed by atoms with Crippen LogP contribution in [0.5, 0.6) is 0 Å². The Kier molecular flexibility index (Phi) is 2.68. The second-order valence-electron chi connectivity index (χ2n) is 4.31. The van der Waals surface area contributed by atoms with Gasteiger partial charge < -0.3 is 5.11 Å². The van der Waals surface area contributed by atoms with Crippen LogP contribution in [-0.2, 0) is 0 Å².